The topological polar surface area (TPSA) is 15.3 Å². The molecule has 0 heterocycles. The monoisotopic (exact) mass is 228 g/mol. The van der Waals surface area contributed by atoms with Crippen LogP contribution < -0.4 is 5.32 Å². The summed E-state index contributed by atoms with van der Waals surface area (Å²) < 4.78 is 26.0. The normalized spacial score (nSPS) is 11.1. The Morgan fingerprint density at radius 3 is 2.75 bits per heavy atom. The number of halogens is 2. The van der Waals surface area contributed by atoms with Crippen LogP contribution in [0.5, 0.6) is 0 Å². The predicted molar refractivity (Wildman–Crippen MR) is 61.2 cm³/mol. The van der Waals surface area contributed by atoms with Crippen LogP contribution in [0.1, 0.15) is 12.5 Å². The van der Waals surface area contributed by atoms with Crippen LogP contribution in [0.25, 0.3) is 0 Å². The first kappa shape index (κ1) is 13.1. The van der Waals surface area contributed by atoms with Crippen molar-refractivity contribution in [2.75, 3.05) is 26.7 Å². The van der Waals surface area contributed by atoms with E-state index in [0.29, 0.717) is 12.1 Å². The highest BCUT2D eigenvalue weighted by Crippen LogP contribution is 2.08. The number of likely N-dealkylation sites (N-methyl/N-ethyl adjacent to an activating group) is 1. The fourth-order valence-electron chi connectivity index (χ4n) is 1.33. The molecule has 1 aromatic rings. The second-order valence-electron chi connectivity index (χ2n) is 3.81. The van der Waals surface area contributed by atoms with Crippen LogP contribution in [0.3, 0.4) is 0 Å². The van der Waals surface area contributed by atoms with Gasteiger partial charge in [-0.05, 0) is 31.8 Å². The average Bonchev–Trinajstić information content (AvgIpc) is 2.28. The molecule has 1 N–H and O–H groups in total. The molecule has 0 aromatic heterocycles. The summed E-state index contributed by atoms with van der Waals surface area (Å²) in [6.07, 6.45) is 0. The molecular formula is C12H18F2N2. The zero-order valence-corrected chi connectivity index (χ0v) is 9.76. The Balaban J connectivity index is 2.34. The van der Waals surface area contributed by atoms with Crippen molar-refractivity contribution < 1.29 is 8.78 Å². The number of hydrogen-bond donors (Lipinski definition) is 1. The molecule has 1 aromatic carbocycles. The lowest BCUT2D eigenvalue weighted by atomic mass is 10.2. The average molecular weight is 228 g/mol. The molecule has 0 unspecified atom stereocenters. The van der Waals surface area contributed by atoms with Crippen LogP contribution >= 0.6 is 0 Å². The van der Waals surface area contributed by atoms with Crippen LogP contribution in [-0.2, 0) is 6.54 Å². The van der Waals surface area contributed by atoms with E-state index in [-0.39, 0.29) is 5.82 Å². The van der Waals surface area contributed by atoms with Crippen LogP contribution in [0, 0.1) is 11.6 Å². The van der Waals surface area contributed by atoms with Gasteiger partial charge < -0.3 is 10.2 Å². The SMILES string of the molecule is CCN(C)CCNCc1cc(F)ccc1F. The summed E-state index contributed by atoms with van der Waals surface area (Å²) in [4.78, 5) is 2.15. The Bertz CT molecular complexity index is 329. The van der Waals surface area contributed by atoms with Gasteiger partial charge in [0, 0.05) is 25.2 Å². The van der Waals surface area contributed by atoms with Crippen molar-refractivity contribution in [1.29, 1.82) is 0 Å². The third kappa shape index (κ3) is 4.24. The first-order chi connectivity index (χ1) is 7.63. The van der Waals surface area contributed by atoms with Gasteiger partial charge in [0.15, 0.2) is 0 Å². The lowest BCUT2D eigenvalue weighted by Gasteiger charge is -2.14. The number of nitrogens with zero attached hydrogens (tertiary/aromatic N) is 1. The summed E-state index contributed by atoms with van der Waals surface area (Å²) in [6.45, 7) is 5.08. The largest absolute Gasteiger partial charge is 0.311 e. The van der Waals surface area contributed by atoms with Crippen molar-refractivity contribution in [3.63, 3.8) is 0 Å². The highest BCUT2D eigenvalue weighted by molar-refractivity contribution is 5.18. The van der Waals surface area contributed by atoms with Gasteiger partial charge in [-0.25, -0.2) is 8.78 Å². The first-order valence-corrected chi connectivity index (χ1v) is 5.46. The zero-order valence-electron chi connectivity index (χ0n) is 9.76. The molecule has 16 heavy (non-hydrogen) atoms. The summed E-state index contributed by atoms with van der Waals surface area (Å²) in [6, 6.07) is 3.51. The molecule has 0 bridgehead atoms. The van der Waals surface area contributed by atoms with Crippen molar-refractivity contribution in [2.45, 2.75) is 13.5 Å². The minimum absolute atomic E-state index is 0.362. The van der Waals surface area contributed by atoms with E-state index >= 15 is 0 Å². The van der Waals surface area contributed by atoms with E-state index in [9.17, 15) is 8.78 Å². The van der Waals surface area contributed by atoms with E-state index in [4.69, 9.17) is 0 Å². The number of hydrogen-bond acceptors (Lipinski definition) is 2. The van der Waals surface area contributed by atoms with E-state index in [1.807, 2.05) is 7.05 Å². The number of nitrogens with one attached hydrogen (secondary N) is 1. The van der Waals surface area contributed by atoms with Crippen LogP contribution in [0.2, 0.25) is 0 Å². The molecule has 90 valence electrons. The van der Waals surface area contributed by atoms with E-state index in [0.717, 1.165) is 31.8 Å². The molecule has 0 saturated carbocycles. The van der Waals surface area contributed by atoms with Crippen LogP contribution in [0.4, 0.5) is 8.78 Å². The summed E-state index contributed by atoms with van der Waals surface area (Å²) in [5, 5.41) is 3.09. The van der Waals surface area contributed by atoms with Gasteiger partial charge in [0.2, 0.25) is 0 Å². The zero-order chi connectivity index (χ0) is 12.0. The molecule has 0 aliphatic carbocycles. The van der Waals surface area contributed by atoms with Gasteiger partial charge in [-0.2, -0.15) is 0 Å². The maximum absolute atomic E-state index is 13.2. The van der Waals surface area contributed by atoms with Gasteiger partial charge in [-0.15, -0.1) is 0 Å². The van der Waals surface area contributed by atoms with Crippen molar-refractivity contribution in [2.24, 2.45) is 0 Å². The van der Waals surface area contributed by atoms with Gasteiger partial charge in [-0.3, -0.25) is 0 Å². The maximum atomic E-state index is 13.2. The quantitative estimate of drug-likeness (QED) is 0.749. The Labute approximate surface area is 95.3 Å². The molecule has 4 heteroatoms. The summed E-state index contributed by atoms with van der Waals surface area (Å²) >= 11 is 0. The molecule has 0 atom stereocenters. The molecule has 0 aliphatic rings. The lowest BCUT2D eigenvalue weighted by molar-refractivity contribution is 0.348. The van der Waals surface area contributed by atoms with Crippen LogP contribution in [0.15, 0.2) is 18.2 Å². The fourth-order valence-corrected chi connectivity index (χ4v) is 1.33. The highest BCUT2D eigenvalue weighted by Gasteiger charge is 2.03. The Hall–Kier alpha value is -1.00. The predicted octanol–water partition coefficient (Wildman–Crippen LogP) is 2.01. The lowest BCUT2D eigenvalue weighted by Crippen LogP contribution is -2.29. The Kier molecular flexibility index (Phi) is 5.35. The first-order valence-electron chi connectivity index (χ1n) is 5.46. The third-order valence-corrected chi connectivity index (χ3v) is 2.53. The second kappa shape index (κ2) is 6.55. The minimum atomic E-state index is -0.399. The molecule has 0 amide bonds. The standard InChI is InChI=1S/C12H18F2N2/c1-3-16(2)7-6-15-9-10-8-11(13)4-5-12(10)14/h4-5,8,15H,3,6-7,9H2,1-2H3. The summed E-state index contributed by atoms with van der Waals surface area (Å²) in [5.74, 6) is -0.762. The van der Waals surface area contributed by atoms with Crippen molar-refractivity contribution in [3.05, 3.63) is 35.4 Å². The van der Waals surface area contributed by atoms with Gasteiger partial charge in [0.25, 0.3) is 0 Å². The van der Waals surface area contributed by atoms with Crippen molar-refractivity contribution in [3.8, 4) is 0 Å². The molecule has 0 fully saturated rings. The Morgan fingerprint density at radius 1 is 1.31 bits per heavy atom. The number of benzene rings is 1. The summed E-state index contributed by atoms with van der Waals surface area (Å²) in [7, 11) is 2.02. The molecular weight excluding hydrogens is 210 g/mol. The fraction of sp³-hybridized carbons (Fsp3) is 0.500. The third-order valence-electron chi connectivity index (χ3n) is 2.53. The second-order valence-corrected chi connectivity index (χ2v) is 3.81. The van der Waals surface area contributed by atoms with E-state index < -0.39 is 5.82 Å². The van der Waals surface area contributed by atoms with Gasteiger partial charge in [0.1, 0.15) is 11.6 Å². The van der Waals surface area contributed by atoms with Gasteiger partial charge >= 0.3 is 0 Å². The highest BCUT2D eigenvalue weighted by atomic mass is 19.1. The molecule has 0 aliphatic heterocycles. The molecule has 0 spiro atoms. The molecule has 1 rings (SSSR count). The Morgan fingerprint density at radius 2 is 2.06 bits per heavy atom. The smallest absolute Gasteiger partial charge is 0.127 e. The van der Waals surface area contributed by atoms with E-state index in [2.05, 4.69) is 17.1 Å². The maximum Gasteiger partial charge on any atom is 0.127 e. The van der Waals surface area contributed by atoms with Crippen molar-refractivity contribution >= 4 is 0 Å². The molecule has 2 nitrogen and oxygen atoms in total. The van der Waals surface area contributed by atoms with E-state index in [1.165, 1.54) is 6.07 Å². The van der Waals surface area contributed by atoms with Crippen molar-refractivity contribution in [1.82, 2.24) is 10.2 Å². The number of rotatable bonds is 6. The molecule has 0 radical (unpaired) electrons. The van der Waals surface area contributed by atoms with Crippen LogP contribution in [-0.4, -0.2) is 31.6 Å². The minimum Gasteiger partial charge on any atom is -0.311 e. The van der Waals surface area contributed by atoms with Gasteiger partial charge in [0.05, 0.1) is 0 Å². The molecule has 0 saturated heterocycles. The van der Waals surface area contributed by atoms with Gasteiger partial charge in [-0.1, -0.05) is 6.92 Å². The summed E-state index contributed by atoms with van der Waals surface area (Å²) in [5.41, 5.74) is 0.374. The van der Waals surface area contributed by atoms with E-state index in [1.54, 1.807) is 0 Å².